The number of aliphatic imine (C=N–C) groups is 1. The lowest BCUT2D eigenvalue weighted by molar-refractivity contribution is -0.122. The Morgan fingerprint density at radius 2 is 1.77 bits per heavy atom. The highest BCUT2D eigenvalue weighted by molar-refractivity contribution is 9.10. The fourth-order valence-electron chi connectivity index (χ4n) is 3.31. The van der Waals surface area contributed by atoms with Crippen molar-refractivity contribution in [2.45, 2.75) is 13.5 Å². The molecule has 0 bridgehead atoms. The first-order chi connectivity index (χ1) is 16.9. The molecule has 5 nitrogen and oxygen atoms in total. The molecule has 0 spiro atoms. The number of likely N-dealkylation sites (N-methyl/N-ethyl adjacent to an activating group) is 1. The summed E-state index contributed by atoms with van der Waals surface area (Å²) in [6.45, 7) is 2.74. The third-order valence-corrected chi connectivity index (χ3v) is 7.35. The summed E-state index contributed by atoms with van der Waals surface area (Å²) in [4.78, 5) is 19.7. The molecular formula is C26H21Br2FN2O3S. The van der Waals surface area contributed by atoms with Crippen molar-refractivity contribution in [2.24, 2.45) is 4.99 Å². The van der Waals surface area contributed by atoms with Crippen molar-refractivity contribution in [2.75, 3.05) is 13.7 Å². The zero-order valence-electron chi connectivity index (χ0n) is 18.9. The molecular weight excluding hydrogens is 599 g/mol. The molecule has 0 aliphatic carbocycles. The Morgan fingerprint density at radius 3 is 2.43 bits per heavy atom. The number of amides is 1. The first-order valence-corrected chi connectivity index (χ1v) is 13.1. The quantitative estimate of drug-likeness (QED) is 0.256. The average Bonchev–Trinajstić information content (AvgIpc) is 3.15. The molecule has 0 aromatic heterocycles. The SMILES string of the molecule is CCN1C(=O)/C(=C\c2cc(OC)c(OCc3ccc(Br)cc3)cc2Br)SC1=Nc1ccc(F)cc1. The lowest BCUT2D eigenvalue weighted by atomic mass is 10.1. The lowest BCUT2D eigenvalue weighted by Gasteiger charge is -2.13. The van der Waals surface area contributed by atoms with Gasteiger partial charge in [-0.05, 0) is 84.4 Å². The van der Waals surface area contributed by atoms with Crippen LogP contribution in [-0.2, 0) is 11.4 Å². The van der Waals surface area contributed by atoms with Crippen molar-refractivity contribution < 1.29 is 18.7 Å². The van der Waals surface area contributed by atoms with E-state index in [-0.39, 0.29) is 11.7 Å². The fourth-order valence-corrected chi connectivity index (χ4v) is 5.07. The van der Waals surface area contributed by atoms with E-state index < -0.39 is 0 Å². The van der Waals surface area contributed by atoms with Crippen molar-refractivity contribution in [3.05, 3.63) is 91.5 Å². The molecule has 3 aromatic carbocycles. The second-order valence-corrected chi connectivity index (χ2v) is 10.2. The topological polar surface area (TPSA) is 51.1 Å². The monoisotopic (exact) mass is 618 g/mol. The molecule has 4 rings (SSSR count). The third kappa shape index (κ3) is 6.15. The maximum Gasteiger partial charge on any atom is 0.266 e. The van der Waals surface area contributed by atoms with Gasteiger partial charge in [0.05, 0.1) is 17.7 Å². The van der Waals surface area contributed by atoms with E-state index in [1.165, 1.54) is 23.9 Å². The summed E-state index contributed by atoms with van der Waals surface area (Å²) in [5, 5.41) is 0.549. The number of carbonyl (C=O) groups excluding carboxylic acids is 1. The van der Waals surface area contributed by atoms with Crippen molar-refractivity contribution in [3.8, 4) is 11.5 Å². The first kappa shape index (κ1) is 25.5. The number of halogens is 3. The highest BCUT2D eigenvalue weighted by Crippen LogP contribution is 2.39. The van der Waals surface area contributed by atoms with Gasteiger partial charge in [0.1, 0.15) is 12.4 Å². The number of benzene rings is 3. The van der Waals surface area contributed by atoms with Gasteiger partial charge in [-0.15, -0.1) is 0 Å². The van der Waals surface area contributed by atoms with Crippen LogP contribution in [0.3, 0.4) is 0 Å². The fraction of sp³-hybridized carbons (Fsp3) is 0.154. The van der Waals surface area contributed by atoms with Crippen LogP contribution in [0.25, 0.3) is 6.08 Å². The Hall–Kier alpha value is -2.62. The summed E-state index contributed by atoms with van der Waals surface area (Å²) >= 11 is 8.30. The van der Waals surface area contributed by atoms with Crippen molar-refractivity contribution in [1.29, 1.82) is 0 Å². The summed E-state index contributed by atoms with van der Waals surface area (Å²) in [5.74, 6) is 0.670. The number of hydrogen-bond acceptors (Lipinski definition) is 5. The van der Waals surface area contributed by atoms with Gasteiger partial charge in [-0.2, -0.15) is 0 Å². The number of nitrogens with zero attached hydrogens (tertiary/aromatic N) is 2. The van der Waals surface area contributed by atoms with Crippen LogP contribution >= 0.6 is 43.6 Å². The second-order valence-electron chi connectivity index (χ2n) is 7.47. The molecule has 0 unspecified atom stereocenters. The summed E-state index contributed by atoms with van der Waals surface area (Å²) in [7, 11) is 1.58. The molecule has 180 valence electrons. The molecule has 1 amide bonds. The van der Waals surface area contributed by atoms with Gasteiger partial charge in [0.2, 0.25) is 0 Å². The van der Waals surface area contributed by atoms with Crippen LogP contribution in [0.5, 0.6) is 11.5 Å². The smallest absolute Gasteiger partial charge is 0.266 e. The van der Waals surface area contributed by atoms with E-state index in [0.717, 1.165) is 20.1 Å². The van der Waals surface area contributed by atoms with Crippen LogP contribution < -0.4 is 9.47 Å². The molecule has 9 heteroatoms. The molecule has 35 heavy (non-hydrogen) atoms. The van der Waals surface area contributed by atoms with E-state index in [4.69, 9.17) is 9.47 Å². The predicted molar refractivity (Wildman–Crippen MR) is 146 cm³/mol. The Labute approximate surface area is 224 Å². The number of ether oxygens (including phenoxy) is 2. The number of rotatable bonds is 7. The number of carbonyl (C=O) groups is 1. The average molecular weight is 620 g/mol. The Balaban J connectivity index is 1.58. The molecule has 1 aliphatic rings. The minimum atomic E-state index is -0.333. The van der Waals surface area contributed by atoms with Gasteiger partial charge in [-0.25, -0.2) is 9.38 Å². The molecule has 0 saturated carbocycles. The molecule has 1 fully saturated rings. The maximum atomic E-state index is 13.2. The third-order valence-electron chi connectivity index (χ3n) is 5.13. The van der Waals surface area contributed by atoms with Crippen molar-refractivity contribution in [3.63, 3.8) is 0 Å². The molecule has 0 radical (unpaired) electrons. The van der Waals surface area contributed by atoms with Gasteiger partial charge in [0, 0.05) is 15.5 Å². The van der Waals surface area contributed by atoms with Crippen molar-refractivity contribution in [1.82, 2.24) is 4.90 Å². The largest absolute Gasteiger partial charge is 0.493 e. The van der Waals surface area contributed by atoms with Crippen LogP contribution in [0.4, 0.5) is 10.1 Å². The highest BCUT2D eigenvalue weighted by atomic mass is 79.9. The molecule has 3 aromatic rings. The van der Waals surface area contributed by atoms with Gasteiger partial charge in [-0.3, -0.25) is 9.69 Å². The van der Waals surface area contributed by atoms with Crippen molar-refractivity contribution >= 4 is 66.5 Å². The standard InChI is InChI=1S/C26H21Br2FN2O3S/c1-3-31-25(32)24(35-26(31)30-20-10-8-19(29)9-11-20)13-17-12-22(33-2)23(14-21(17)28)34-15-16-4-6-18(27)7-5-16/h4-14H,3,15H2,1-2H3/b24-13+,30-26?. The zero-order valence-corrected chi connectivity index (χ0v) is 22.9. The summed E-state index contributed by atoms with van der Waals surface area (Å²) in [6.07, 6.45) is 1.80. The van der Waals surface area contributed by atoms with Crippen LogP contribution in [-0.4, -0.2) is 29.6 Å². The second kappa shape index (κ2) is 11.4. The Bertz CT molecular complexity index is 1300. The van der Waals surface area contributed by atoms with E-state index in [9.17, 15) is 9.18 Å². The van der Waals surface area contributed by atoms with Crippen LogP contribution in [0.2, 0.25) is 0 Å². The van der Waals surface area contributed by atoms with E-state index in [1.54, 1.807) is 30.2 Å². The van der Waals surface area contributed by atoms with Crippen LogP contribution in [0, 0.1) is 5.82 Å². The normalized spacial score (nSPS) is 15.8. The molecule has 1 saturated heterocycles. The number of amidine groups is 1. The Kier molecular flexibility index (Phi) is 8.30. The predicted octanol–water partition coefficient (Wildman–Crippen LogP) is 7.56. The van der Waals surface area contributed by atoms with E-state index in [1.807, 2.05) is 43.3 Å². The number of methoxy groups -OCH3 is 1. The van der Waals surface area contributed by atoms with Crippen LogP contribution in [0.1, 0.15) is 18.1 Å². The van der Waals surface area contributed by atoms with E-state index in [2.05, 4.69) is 36.9 Å². The van der Waals surface area contributed by atoms with Crippen LogP contribution in [0.15, 0.2) is 79.5 Å². The molecule has 1 heterocycles. The summed E-state index contributed by atoms with van der Waals surface area (Å²) < 4.78 is 26.5. The summed E-state index contributed by atoms with van der Waals surface area (Å²) in [6, 6.07) is 17.4. The van der Waals surface area contributed by atoms with Gasteiger partial charge in [0.25, 0.3) is 5.91 Å². The lowest BCUT2D eigenvalue weighted by Crippen LogP contribution is -2.28. The highest BCUT2D eigenvalue weighted by Gasteiger charge is 2.32. The number of hydrogen-bond donors (Lipinski definition) is 0. The Morgan fingerprint density at radius 1 is 1.06 bits per heavy atom. The first-order valence-electron chi connectivity index (χ1n) is 10.7. The minimum absolute atomic E-state index is 0.139. The molecule has 1 aliphatic heterocycles. The van der Waals surface area contributed by atoms with Gasteiger partial charge < -0.3 is 9.47 Å². The minimum Gasteiger partial charge on any atom is -0.493 e. The van der Waals surface area contributed by atoms with Gasteiger partial charge in [0.15, 0.2) is 16.7 Å². The number of thioether (sulfide) groups is 1. The summed E-state index contributed by atoms with van der Waals surface area (Å²) in [5.41, 5.74) is 2.38. The van der Waals surface area contributed by atoms with Gasteiger partial charge in [-0.1, -0.05) is 44.0 Å². The zero-order chi connectivity index (χ0) is 24.9. The van der Waals surface area contributed by atoms with E-state index in [0.29, 0.717) is 40.4 Å². The van der Waals surface area contributed by atoms with E-state index >= 15 is 0 Å². The molecule has 0 atom stereocenters. The van der Waals surface area contributed by atoms with Gasteiger partial charge >= 0.3 is 0 Å². The molecule has 0 N–H and O–H groups in total. The maximum absolute atomic E-state index is 13.2.